The third kappa shape index (κ3) is 5.76. The SMILES string of the molecule is Cc1cccc(OCC(=O)N2CCN(c3oc(-c4ccc(COc5ccccc5)o4)nc3C#N)CC2)c1. The summed E-state index contributed by atoms with van der Waals surface area (Å²) in [6.45, 7) is 4.20. The topological polar surface area (TPSA) is 105 Å². The molecule has 0 bridgehead atoms. The van der Waals surface area contributed by atoms with E-state index in [1.54, 1.807) is 17.0 Å². The highest BCUT2D eigenvalue weighted by molar-refractivity contribution is 5.78. The summed E-state index contributed by atoms with van der Waals surface area (Å²) in [5.41, 5.74) is 1.25. The second-order valence-corrected chi connectivity index (χ2v) is 8.63. The van der Waals surface area contributed by atoms with Gasteiger partial charge in [-0.25, -0.2) is 0 Å². The van der Waals surface area contributed by atoms with Crippen molar-refractivity contribution in [3.8, 4) is 29.2 Å². The third-order valence-electron chi connectivity index (χ3n) is 5.98. The fourth-order valence-corrected chi connectivity index (χ4v) is 4.05. The number of ether oxygens (including phenoxy) is 2. The van der Waals surface area contributed by atoms with Crippen LogP contribution in [0.5, 0.6) is 11.5 Å². The van der Waals surface area contributed by atoms with Gasteiger partial charge in [0.2, 0.25) is 11.6 Å². The molecule has 188 valence electrons. The van der Waals surface area contributed by atoms with Gasteiger partial charge in [0, 0.05) is 26.2 Å². The average molecular weight is 499 g/mol. The van der Waals surface area contributed by atoms with Crippen molar-refractivity contribution < 1.29 is 23.1 Å². The fourth-order valence-electron chi connectivity index (χ4n) is 4.05. The molecule has 0 radical (unpaired) electrons. The Morgan fingerprint density at radius 2 is 1.76 bits per heavy atom. The number of nitrogens with zero attached hydrogens (tertiary/aromatic N) is 4. The summed E-state index contributed by atoms with van der Waals surface area (Å²) in [5.74, 6) is 2.95. The third-order valence-corrected chi connectivity index (χ3v) is 5.98. The van der Waals surface area contributed by atoms with Gasteiger partial charge in [-0.15, -0.1) is 0 Å². The molecule has 4 aromatic rings. The van der Waals surface area contributed by atoms with Gasteiger partial charge in [-0.3, -0.25) is 4.79 Å². The Hall–Kier alpha value is -4.71. The van der Waals surface area contributed by atoms with Crippen LogP contribution in [-0.4, -0.2) is 48.6 Å². The summed E-state index contributed by atoms with van der Waals surface area (Å²) in [6, 6.07) is 22.7. The van der Waals surface area contributed by atoms with Crippen LogP contribution in [0.3, 0.4) is 0 Å². The van der Waals surface area contributed by atoms with Gasteiger partial charge in [0.1, 0.15) is 29.9 Å². The minimum absolute atomic E-state index is 0.0197. The molecule has 1 aliphatic heterocycles. The van der Waals surface area contributed by atoms with Gasteiger partial charge >= 0.3 is 0 Å². The molecule has 0 atom stereocenters. The van der Waals surface area contributed by atoms with Crippen LogP contribution < -0.4 is 14.4 Å². The molecule has 1 saturated heterocycles. The molecule has 1 fully saturated rings. The number of para-hydroxylation sites is 1. The molecular formula is C28H26N4O5. The number of aromatic nitrogens is 1. The quantitative estimate of drug-likeness (QED) is 0.352. The number of furan rings is 1. The number of benzene rings is 2. The molecule has 3 heterocycles. The van der Waals surface area contributed by atoms with Gasteiger partial charge in [-0.2, -0.15) is 10.2 Å². The van der Waals surface area contributed by atoms with E-state index < -0.39 is 0 Å². The Labute approximate surface area is 214 Å². The monoisotopic (exact) mass is 498 g/mol. The Balaban J connectivity index is 1.18. The van der Waals surface area contributed by atoms with Crippen molar-refractivity contribution in [3.63, 3.8) is 0 Å². The molecule has 9 nitrogen and oxygen atoms in total. The molecule has 1 aliphatic rings. The second-order valence-electron chi connectivity index (χ2n) is 8.63. The Morgan fingerprint density at radius 1 is 0.973 bits per heavy atom. The van der Waals surface area contributed by atoms with Gasteiger partial charge in [-0.1, -0.05) is 30.3 Å². The van der Waals surface area contributed by atoms with Crippen LogP contribution in [0.4, 0.5) is 5.88 Å². The van der Waals surface area contributed by atoms with Crippen molar-refractivity contribution in [1.29, 1.82) is 5.26 Å². The minimum atomic E-state index is -0.0826. The van der Waals surface area contributed by atoms with E-state index >= 15 is 0 Å². The summed E-state index contributed by atoms with van der Waals surface area (Å²) in [6.07, 6.45) is 0. The second kappa shape index (κ2) is 10.9. The molecule has 9 heteroatoms. The number of hydrogen-bond donors (Lipinski definition) is 0. The van der Waals surface area contributed by atoms with E-state index in [1.165, 1.54) is 0 Å². The first-order valence-corrected chi connectivity index (χ1v) is 12.0. The summed E-state index contributed by atoms with van der Waals surface area (Å²) in [7, 11) is 0. The summed E-state index contributed by atoms with van der Waals surface area (Å²) in [4.78, 5) is 20.6. The predicted molar refractivity (Wildman–Crippen MR) is 135 cm³/mol. The number of anilines is 1. The summed E-state index contributed by atoms with van der Waals surface area (Å²) >= 11 is 0. The molecule has 0 unspecified atom stereocenters. The molecule has 0 spiro atoms. The first-order chi connectivity index (χ1) is 18.1. The van der Waals surface area contributed by atoms with E-state index in [4.69, 9.17) is 18.3 Å². The lowest BCUT2D eigenvalue weighted by Crippen LogP contribution is -2.50. The van der Waals surface area contributed by atoms with Crippen molar-refractivity contribution in [1.82, 2.24) is 9.88 Å². The molecule has 37 heavy (non-hydrogen) atoms. The molecule has 0 aliphatic carbocycles. The maximum absolute atomic E-state index is 12.6. The van der Waals surface area contributed by atoms with E-state index in [0.717, 1.165) is 11.3 Å². The van der Waals surface area contributed by atoms with Crippen molar-refractivity contribution in [3.05, 3.63) is 83.7 Å². The van der Waals surface area contributed by atoms with Gasteiger partial charge in [0.15, 0.2) is 12.4 Å². The Bertz CT molecular complexity index is 1400. The van der Waals surface area contributed by atoms with Crippen LogP contribution in [0, 0.1) is 18.3 Å². The summed E-state index contributed by atoms with van der Waals surface area (Å²) < 4.78 is 23.2. The van der Waals surface area contributed by atoms with Gasteiger partial charge in [0.25, 0.3) is 11.8 Å². The largest absolute Gasteiger partial charge is 0.486 e. The van der Waals surface area contributed by atoms with Crippen molar-refractivity contribution in [2.75, 3.05) is 37.7 Å². The zero-order valence-corrected chi connectivity index (χ0v) is 20.4. The van der Waals surface area contributed by atoms with Crippen LogP contribution in [0.2, 0.25) is 0 Å². The van der Waals surface area contributed by atoms with Gasteiger partial charge in [0.05, 0.1) is 0 Å². The first kappa shape index (κ1) is 24.0. The van der Waals surface area contributed by atoms with Crippen LogP contribution >= 0.6 is 0 Å². The number of oxazole rings is 1. The number of nitriles is 1. The van der Waals surface area contributed by atoms with Crippen LogP contribution in [-0.2, 0) is 11.4 Å². The molecule has 1 amide bonds. The number of aryl methyl sites for hydroxylation is 1. The first-order valence-electron chi connectivity index (χ1n) is 12.0. The van der Waals surface area contributed by atoms with Crippen LogP contribution in [0.25, 0.3) is 11.7 Å². The van der Waals surface area contributed by atoms with E-state index in [1.807, 2.05) is 66.4 Å². The molecule has 2 aromatic carbocycles. The lowest BCUT2D eigenvalue weighted by atomic mass is 10.2. The van der Waals surface area contributed by atoms with Gasteiger partial charge < -0.3 is 28.1 Å². The molecule has 0 saturated carbocycles. The highest BCUT2D eigenvalue weighted by Gasteiger charge is 2.27. The number of hydrogen-bond acceptors (Lipinski definition) is 8. The highest BCUT2D eigenvalue weighted by atomic mass is 16.5. The zero-order chi connectivity index (χ0) is 25.6. The number of rotatable bonds is 8. The normalized spacial score (nSPS) is 13.3. The minimum Gasteiger partial charge on any atom is -0.486 e. The smallest absolute Gasteiger partial charge is 0.266 e. The maximum atomic E-state index is 12.6. The highest BCUT2D eigenvalue weighted by Crippen LogP contribution is 2.30. The standard InChI is InChI=1S/C28H26N4O5/c1-20-6-5-9-22(16-20)35-19-26(33)31-12-14-32(15-13-31)28-24(17-29)30-27(37-28)25-11-10-23(36-25)18-34-21-7-3-2-4-8-21/h2-11,16H,12-15,18-19H2,1H3. The van der Waals surface area contributed by atoms with E-state index in [2.05, 4.69) is 11.1 Å². The lowest BCUT2D eigenvalue weighted by Gasteiger charge is -2.34. The van der Waals surface area contributed by atoms with Crippen LogP contribution in [0.1, 0.15) is 17.0 Å². The summed E-state index contributed by atoms with van der Waals surface area (Å²) in [5, 5.41) is 9.63. The molecule has 2 aromatic heterocycles. The molecule has 0 N–H and O–H groups in total. The zero-order valence-electron chi connectivity index (χ0n) is 20.4. The van der Waals surface area contributed by atoms with Crippen LogP contribution in [0.15, 0.2) is 75.6 Å². The van der Waals surface area contributed by atoms with E-state index in [9.17, 15) is 10.1 Å². The van der Waals surface area contributed by atoms with E-state index in [-0.39, 0.29) is 30.7 Å². The van der Waals surface area contributed by atoms with Crippen molar-refractivity contribution >= 4 is 11.8 Å². The van der Waals surface area contributed by atoms with Crippen molar-refractivity contribution in [2.45, 2.75) is 13.5 Å². The number of piperazine rings is 1. The Kier molecular flexibility index (Phi) is 7.08. The number of carbonyl (C=O) groups excluding carboxylic acids is 1. The molecular weight excluding hydrogens is 472 g/mol. The average Bonchev–Trinajstić information content (AvgIpc) is 3.59. The predicted octanol–water partition coefficient (Wildman–Crippen LogP) is 4.42. The lowest BCUT2D eigenvalue weighted by molar-refractivity contribution is -0.133. The Morgan fingerprint density at radius 3 is 2.51 bits per heavy atom. The number of amides is 1. The maximum Gasteiger partial charge on any atom is 0.266 e. The number of carbonyl (C=O) groups is 1. The van der Waals surface area contributed by atoms with Crippen molar-refractivity contribution in [2.24, 2.45) is 0 Å². The molecule has 5 rings (SSSR count). The fraction of sp³-hybridized carbons (Fsp3) is 0.250. The van der Waals surface area contributed by atoms with Gasteiger partial charge in [-0.05, 0) is 48.9 Å². The van der Waals surface area contributed by atoms with E-state index in [0.29, 0.717) is 49.3 Å².